The van der Waals surface area contributed by atoms with Crippen molar-refractivity contribution in [3.63, 3.8) is 0 Å². The highest BCUT2D eigenvalue weighted by Crippen LogP contribution is 2.06. The third-order valence-electron chi connectivity index (χ3n) is 4.36. The highest BCUT2D eigenvalue weighted by molar-refractivity contribution is 5.89. The van der Waals surface area contributed by atoms with E-state index < -0.39 is 60.2 Å². The van der Waals surface area contributed by atoms with E-state index in [4.69, 9.17) is 24.1 Å². The molecule has 0 saturated carbocycles. The molecule has 14 nitrogen and oxygen atoms in total. The first-order valence-electron chi connectivity index (χ1n) is 10.7. The number of hydrogen-bond donors (Lipinski definition) is 3. The second-order valence-electron chi connectivity index (χ2n) is 7.42. The van der Waals surface area contributed by atoms with Crippen LogP contribution in [0.5, 0.6) is 0 Å². The average Bonchev–Trinajstić information content (AvgIpc) is 3.31. The fourth-order valence-corrected chi connectivity index (χ4v) is 2.39. The molecule has 0 spiro atoms. The summed E-state index contributed by atoms with van der Waals surface area (Å²) >= 11 is 0. The minimum Gasteiger partial charge on any atom is -0.462 e. The van der Waals surface area contributed by atoms with Gasteiger partial charge in [0.15, 0.2) is 18.3 Å². The first-order chi connectivity index (χ1) is 16.5. The smallest absolute Gasteiger partial charge is 0.347 e. The van der Waals surface area contributed by atoms with Crippen LogP contribution >= 0.6 is 0 Å². The summed E-state index contributed by atoms with van der Waals surface area (Å²) in [6, 6.07) is -1.11. The molecule has 5 unspecified atom stereocenters. The summed E-state index contributed by atoms with van der Waals surface area (Å²) in [6.07, 6.45) is -2.71. The lowest BCUT2D eigenvalue weighted by Gasteiger charge is -2.21. The molecule has 0 fully saturated rings. The Bertz CT molecular complexity index is 857. The van der Waals surface area contributed by atoms with Crippen molar-refractivity contribution in [3.8, 4) is 0 Å². The van der Waals surface area contributed by atoms with E-state index in [1.165, 1.54) is 40.4 Å². The maximum Gasteiger partial charge on any atom is 0.347 e. The van der Waals surface area contributed by atoms with E-state index in [2.05, 4.69) is 20.0 Å². The fourth-order valence-electron chi connectivity index (χ4n) is 2.39. The van der Waals surface area contributed by atoms with Gasteiger partial charge in [-0.2, -0.15) is 0 Å². The number of aromatic nitrogens is 2. The largest absolute Gasteiger partial charge is 0.462 e. The molecule has 5 atom stereocenters. The summed E-state index contributed by atoms with van der Waals surface area (Å²) in [7, 11) is 1.44. The highest BCUT2D eigenvalue weighted by Gasteiger charge is 2.31. The average molecular weight is 501 g/mol. The van der Waals surface area contributed by atoms with Gasteiger partial charge in [-0.3, -0.25) is 4.79 Å². The van der Waals surface area contributed by atoms with E-state index in [-0.39, 0.29) is 19.6 Å². The van der Waals surface area contributed by atoms with E-state index in [0.717, 1.165) is 6.92 Å². The molecule has 1 aromatic heterocycles. The molecule has 1 rings (SSSR count). The number of aliphatic hydroxyl groups is 1. The maximum absolute atomic E-state index is 12.6. The summed E-state index contributed by atoms with van der Waals surface area (Å²) in [5.74, 6) is -4.68. The molecule has 1 aromatic rings. The summed E-state index contributed by atoms with van der Waals surface area (Å²) in [6.45, 7) is 4.95. The van der Waals surface area contributed by atoms with Crippen LogP contribution in [0.4, 0.5) is 0 Å². The Morgan fingerprint density at radius 3 is 2.00 bits per heavy atom. The van der Waals surface area contributed by atoms with Crippen LogP contribution in [0.25, 0.3) is 0 Å². The van der Waals surface area contributed by atoms with Gasteiger partial charge >= 0.3 is 23.9 Å². The number of amides is 1. The van der Waals surface area contributed by atoms with Gasteiger partial charge in [0.05, 0.1) is 12.9 Å². The number of methoxy groups -OCH3 is 1. The Labute approximate surface area is 201 Å². The van der Waals surface area contributed by atoms with Crippen LogP contribution in [-0.4, -0.2) is 95.6 Å². The third kappa shape index (κ3) is 10.5. The predicted molar refractivity (Wildman–Crippen MR) is 115 cm³/mol. The zero-order chi connectivity index (χ0) is 26.5. The number of carbonyl (C=O) groups excluding carboxylic acids is 5. The number of ether oxygens (including phenoxy) is 5. The van der Waals surface area contributed by atoms with Gasteiger partial charge in [0.25, 0.3) is 5.91 Å². The van der Waals surface area contributed by atoms with Crippen molar-refractivity contribution in [1.29, 1.82) is 0 Å². The molecule has 14 heteroatoms. The number of aromatic amines is 1. The number of imidazole rings is 1. The van der Waals surface area contributed by atoms with E-state index in [9.17, 15) is 24.0 Å². The van der Waals surface area contributed by atoms with Crippen molar-refractivity contribution in [3.05, 3.63) is 18.2 Å². The van der Waals surface area contributed by atoms with Crippen molar-refractivity contribution in [2.45, 2.75) is 64.6 Å². The Balaban J connectivity index is 2.66. The Morgan fingerprint density at radius 1 is 0.914 bits per heavy atom. The maximum atomic E-state index is 12.6. The Morgan fingerprint density at radius 2 is 1.49 bits per heavy atom. The second-order valence-corrected chi connectivity index (χ2v) is 7.42. The number of carbonyl (C=O) groups is 5. The molecule has 0 aromatic carbocycles. The summed E-state index contributed by atoms with van der Waals surface area (Å²) in [5, 5.41) is 11.6. The van der Waals surface area contributed by atoms with Crippen LogP contribution in [0.3, 0.4) is 0 Å². The normalized spacial score (nSPS) is 15.0. The topological polar surface area (TPSA) is 192 Å². The molecule has 0 aliphatic rings. The van der Waals surface area contributed by atoms with Gasteiger partial charge in [-0.1, -0.05) is 0 Å². The monoisotopic (exact) mass is 501 g/mol. The van der Waals surface area contributed by atoms with Crippen molar-refractivity contribution < 1.29 is 52.8 Å². The minimum atomic E-state index is -1.44. The summed E-state index contributed by atoms with van der Waals surface area (Å²) in [4.78, 5) is 67.2. The zero-order valence-electron chi connectivity index (χ0n) is 20.1. The van der Waals surface area contributed by atoms with E-state index >= 15 is 0 Å². The van der Waals surface area contributed by atoms with Gasteiger partial charge in [0.1, 0.15) is 18.8 Å². The Kier molecular flexibility index (Phi) is 12.4. The van der Waals surface area contributed by atoms with Gasteiger partial charge in [-0.25, -0.2) is 24.2 Å². The molecular formula is C21H31N3O11. The standard InChI is InChI=1S/C21H31N3O11/c1-11(25)18(27)34-13(3)20(29)35-14(4)19(28)33-12(2)17(26)24-16(8-15-9-22-10-23-15)21(30)32-7-6-31-5/h9-14,16,25H,6-8H2,1-5H3,(H,22,23)(H,24,26). The molecule has 1 amide bonds. The summed E-state index contributed by atoms with van der Waals surface area (Å²) < 4.78 is 24.5. The third-order valence-corrected chi connectivity index (χ3v) is 4.36. The van der Waals surface area contributed by atoms with E-state index in [0.29, 0.717) is 5.69 Å². The van der Waals surface area contributed by atoms with Crippen LogP contribution in [0.1, 0.15) is 33.4 Å². The molecule has 0 radical (unpaired) electrons. The number of H-pyrrole nitrogens is 1. The van der Waals surface area contributed by atoms with Gasteiger partial charge in [-0.05, 0) is 27.7 Å². The van der Waals surface area contributed by atoms with Gasteiger partial charge in [0.2, 0.25) is 0 Å². The highest BCUT2D eigenvalue weighted by atomic mass is 16.6. The number of aliphatic hydroxyl groups excluding tert-OH is 1. The fraction of sp³-hybridized carbons (Fsp3) is 0.619. The number of hydrogen-bond acceptors (Lipinski definition) is 12. The molecule has 196 valence electrons. The van der Waals surface area contributed by atoms with Crippen LogP contribution in [0.15, 0.2) is 12.5 Å². The molecule has 35 heavy (non-hydrogen) atoms. The molecule has 3 N–H and O–H groups in total. The van der Waals surface area contributed by atoms with Gasteiger partial charge in [0, 0.05) is 25.4 Å². The van der Waals surface area contributed by atoms with Gasteiger partial charge in [-0.15, -0.1) is 0 Å². The molecule has 1 heterocycles. The quantitative estimate of drug-likeness (QED) is 0.157. The summed E-state index contributed by atoms with van der Waals surface area (Å²) in [5.41, 5.74) is 0.551. The van der Waals surface area contributed by atoms with Crippen LogP contribution in [0.2, 0.25) is 0 Å². The Hall–Kier alpha value is -3.52. The second kappa shape index (κ2) is 14.7. The molecule has 0 bridgehead atoms. The number of esters is 4. The first kappa shape index (κ1) is 29.5. The van der Waals surface area contributed by atoms with Crippen LogP contribution in [-0.2, 0) is 54.1 Å². The molecule has 0 aliphatic carbocycles. The predicted octanol–water partition coefficient (Wildman–Crippen LogP) is -1.20. The number of nitrogens with one attached hydrogen (secondary N) is 2. The van der Waals surface area contributed by atoms with E-state index in [1.807, 2.05) is 0 Å². The molecular weight excluding hydrogens is 470 g/mol. The SMILES string of the molecule is COCCOC(=O)C(Cc1cnc[nH]1)NC(=O)C(C)OC(=O)C(C)OC(=O)C(C)OC(=O)C(C)O. The van der Waals surface area contributed by atoms with Crippen LogP contribution < -0.4 is 5.32 Å². The lowest BCUT2D eigenvalue weighted by molar-refractivity contribution is -0.181. The minimum absolute atomic E-state index is 0.0247. The van der Waals surface area contributed by atoms with Crippen molar-refractivity contribution in [1.82, 2.24) is 15.3 Å². The first-order valence-corrected chi connectivity index (χ1v) is 10.7. The zero-order valence-corrected chi connectivity index (χ0v) is 20.1. The van der Waals surface area contributed by atoms with Crippen molar-refractivity contribution >= 4 is 29.8 Å². The van der Waals surface area contributed by atoms with E-state index in [1.54, 1.807) is 0 Å². The van der Waals surface area contributed by atoms with Gasteiger partial charge < -0.3 is 39.1 Å². The molecule has 0 saturated heterocycles. The number of rotatable bonds is 14. The molecule has 0 aliphatic heterocycles. The lowest BCUT2D eigenvalue weighted by Crippen LogP contribution is -2.48. The van der Waals surface area contributed by atoms with Crippen LogP contribution in [0, 0.1) is 0 Å². The number of nitrogens with zero attached hydrogens (tertiary/aromatic N) is 1. The van der Waals surface area contributed by atoms with Crippen molar-refractivity contribution in [2.24, 2.45) is 0 Å². The van der Waals surface area contributed by atoms with Crippen molar-refractivity contribution in [2.75, 3.05) is 20.3 Å². The lowest BCUT2D eigenvalue weighted by atomic mass is 10.1.